The lowest BCUT2D eigenvalue weighted by Gasteiger charge is -2.12. The number of rotatable bonds is 6. The molecule has 1 heterocycles. The Hall–Kier alpha value is -1.60. The van der Waals surface area contributed by atoms with Crippen LogP contribution in [0.1, 0.15) is 42.7 Å². The molecule has 0 unspecified atom stereocenters. The molecule has 0 spiro atoms. The van der Waals surface area contributed by atoms with Crippen molar-refractivity contribution in [2.75, 3.05) is 6.54 Å². The van der Waals surface area contributed by atoms with Gasteiger partial charge in [0.05, 0.1) is 0 Å². The molecule has 1 aromatic heterocycles. The molecule has 0 radical (unpaired) electrons. The van der Waals surface area contributed by atoms with Gasteiger partial charge in [-0.1, -0.05) is 11.6 Å². The largest absolute Gasteiger partial charge is 0.475 e. The SMILES string of the molecule is O=C(O)c1ccc(S(=O)(=O)NCCC2=CCCCC2)o1. The molecule has 0 saturated heterocycles. The van der Waals surface area contributed by atoms with Gasteiger partial charge in [-0.15, -0.1) is 0 Å². The van der Waals surface area contributed by atoms with Crippen LogP contribution in [0.5, 0.6) is 0 Å². The summed E-state index contributed by atoms with van der Waals surface area (Å²) >= 11 is 0. The Kier molecular flexibility index (Phi) is 4.61. The van der Waals surface area contributed by atoms with Gasteiger partial charge in [0.15, 0.2) is 0 Å². The molecule has 0 bridgehead atoms. The van der Waals surface area contributed by atoms with E-state index in [-0.39, 0.29) is 17.4 Å². The van der Waals surface area contributed by atoms with E-state index in [9.17, 15) is 13.2 Å². The number of carbonyl (C=O) groups is 1. The van der Waals surface area contributed by atoms with Crippen molar-refractivity contribution >= 4 is 16.0 Å². The number of furan rings is 1. The number of nitrogens with one attached hydrogen (secondary N) is 1. The Balaban J connectivity index is 1.93. The summed E-state index contributed by atoms with van der Waals surface area (Å²) in [5.41, 5.74) is 1.27. The quantitative estimate of drug-likeness (QED) is 0.784. The minimum Gasteiger partial charge on any atom is -0.475 e. The number of aromatic carboxylic acids is 1. The lowest BCUT2D eigenvalue weighted by molar-refractivity contribution is 0.0656. The summed E-state index contributed by atoms with van der Waals surface area (Å²) in [6.07, 6.45) is 7.26. The third kappa shape index (κ3) is 3.71. The molecular formula is C13H17NO5S. The maximum absolute atomic E-state index is 11.9. The highest BCUT2D eigenvalue weighted by molar-refractivity contribution is 7.89. The lowest BCUT2D eigenvalue weighted by atomic mass is 9.97. The van der Waals surface area contributed by atoms with Crippen molar-refractivity contribution in [1.82, 2.24) is 4.72 Å². The molecular weight excluding hydrogens is 282 g/mol. The zero-order chi connectivity index (χ0) is 14.6. The molecule has 1 aromatic rings. The highest BCUT2D eigenvalue weighted by Crippen LogP contribution is 2.20. The Bertz CT molecular complexity index is 614. The predicted octanol–water partition coefficient (Wildman–Crippen LogP) is 2.15. The third-order valence-corrected chi connectivity index (χ3v) is 4.51. The van der Waals surface area contributed by atoms with Crippen molar-refractivity contribution in [2.45, 2.75) is 37.2 Å². The van der Waals surface area contributed by atoms with Crippen LogP contribution in [0.2, 0.25) is 0 Å². The molecule has 0 aromatic carbocycles. The molecule has 0 aliphatic heterocycles. The summed E-state index contributed by atoms with van der Waals surface area (Å²) in [5.74, 6) is -1.68. The summed E-state index contributed by atoms with van der Waals surface area (Å²) in [4.78, 5) is 10.6. The summed E-state index contributed by atoms with van der Waals surface area (Å²) < 4.78 is 31.0. The van der Waals surface area contributed by atoms with E-state index >= 15 is 0 Å². The molecule has 0 amide bonds. The van der Waals surface area contributed by atoms with Crippen molar-refractivity contribution in [2.24, 2.45) is 0 Å². The first-order valence-electron chi connectivity index (χ1n) is 6.50. The third-order valence-electron chi connectivity index (χ3n) is 3.18. The minimum absolute atomic E-state index is 0.289. The number of carboxylic acid groups (broad SMARTS) is 1. The second-order valence-electron chi connectivity index (χ2n) is 4.68. The van der Waals surface area contributed by atoms with Crippen LogP contribution in [0.25, 0.3) is 0 Å². The van der Waals surface area contributed by atoms with Crippen LogP contribution in [0, 0.1) is 0 Å². The molecule has 110 valence electrons. The molecule has 2 rings (SSSR count). The summed E-state index contributed by atoms with van der Waals surface area (Å²) in [7, 11) is -3.78. The van der Waals surface area contributed by atoms with Crippen molar-refractivity contribution in [1.29, 1.82) is 0 Å². The van der Waals surface area contributed by atoms with Crippen LogP contribution in [0.15, 0.2) is 33.3 Å². The van der Waals surface area contributed by atoms with Gasteiger partial charge in [-0.05, 0) is 44.2 Å². The van der Waals surface area contributed by atoms with E-state index < -0.39 is 16.0 Å². The van der Waals surface area contributed by atoms with E-state index in [0.29, 0.717) is 6.42 Å². The number of carboxylic acids is 1. The lowest BCUT2D eigenvalue weighted by Crippen LogP contribution is -2.24. The van der Waals surface area contributed by atoms with Crippen LogP contribution in [-0.4, -0.2) is 26.0 Å². The molecule has 1 aliphatic carbocycles. The summed E-state index contributed by atoms with van der Waals surface area (Å²) in [5, 5.41) is 8.33. The fraction of sp³-hybridized carbons (Fsp3) is 0.462. The highest BCUT2D eigenvalue weighted by Gasteiger charge is 2.20. The minimum atomic E-state index is -3.78. The van der Waals surface area contributed by atoms with E-state index in [1.54, 1.807) is 0 Å². The van der Waals surface area contributed by atoms with Crippen molar-refractivity contribution in [3.63, 3.8) is 0 Å². The van der Waals surface area contributed by atoms with Gasteiger partial charge >= 0.3 is 5.97 Å². The van der Waals surface area contributed by atoms with Crippen LogP contribution >= 0.6 is 0 Å². The standard InChI is InChI=1S/C13H17NO5S/c15-13(16)11-6-7-12(19-11)20(17,18)14-9-8-10-4-2-1-3-5-10/h4,6-7,14H,1-3,5,8-9H2,(H,15,16). The molecule has 6 nitrogen and oxygen atoms in total. The molecule has 0 saturated carbocycles. The zero-order valence-corrected chi connectivity index (χ0v) is 11.8. The van der Waals surface area contributed by atoms with Crippen LogP contribution < -0.4 is 4.72 Å². The highest BCUT2D eigenvalue weighted by atomic mass is 32.2. The summed E-state index contributed by atoms with van der Waals surface area (Å²) in [6.45, 7) is 0.289. The van der Waals surface area contributed by atoms with Crippen LogP contribution in [0.4, 0.5) is 0 Å². The van der Waals surface area contributed by atoms with Crippen molar-refractivity contribution in [3.05, 3.63) is 29.5 Å². The Morgan fingerprint density at radius 3 is 2.75 bits per heavy atom. The van der Waals surface area contributed by atoms with E-state index in [1.165, 1.54) is 12.0 Å². The first-order valence-corrected chi connectivity index (χ1v) is 7.98. The molecule has 2 N–H and O–H groups in total. The van der Waals surface area contributed by atoms with E-state index in [1.807, 2.05) is 0 Å². The van der Waals surface area contributed by atoms with Crippen molar-refractivity contribution < 1.29 is 22.7 Å². The van der Waals surface area contributed by atoms with Gasteiger partial charge in [0.25, 0.3) is 10.0 Å². The van der Waals surface area contributed by atoms with E-state index in [2.05, 4.69) is 10.8 Å². The Morgan fingerprint density at radius 1 is 1.35 bits per heavy atom. The van der Waals surface area contributed by atoms with Gasteiger partial charge < -0.3 is 9.52 Å². The van der Waals surface area contributed by atoms with Gasteiger partial charge in [-0.2, -0.15) is 0 Å². The van der Waals surface area contributed by atoms with Gasteiger partial charge in [0.1, 0.15) is 0 Å². The van der Waals surface area contributed by atoms with Crippen molar-refractivity contribution in [3.8, 4) is 0 Å². The first-order chi connectivity index (χ1) is 9.49. The molecule has 0 fully saturated rings. The average Bonchev–Trinajstić information content (AvgIpc) is 2.90. The zero-order valence-electron chi connectivity index (χ0n) is 11.0. The number of hydrogen-bond donors (Lipinski definition) is 2. The monoisotopic (exact) mass is 299 g/mol. The molecule has 0 atom stereocenters. The number of sulfonamides is 1. The van der Waals surface area contributed by atoms with E-state index in [0.717, 1.165) is 31.4 Å². The fourth-order valence-corrected chi connectivity index (χ4v) is 3.09. The summed E-state index contributed by atoms with van der Waals surface area (Å²) in [6, 6.07) is 2.27. The van der Waals surface area contributed by atoms with Gasteiger partial charge in [0, 0.05) is 6.54 Å². The van der Waals surface area contributed by atoms with Crippen LogP contribution in [-0.2, 0) is 10.0 Å². The van der Waals surface area contributed by atoms with Gasteiger partial charge in [-0.25, -0.2) is 17.9 Å². The van der Waals surface area contributed by atoms with Gasteiger partial charge in [-0.3, -0.25) is 0 Å². The molecule has 1 aliphatic rings. The second-order valence-corrected chi connectivity index (χ2v) is 6.38. The predicted molar refractivity (Wildman–Crippen MR) is 72.0 cm³/mol. The van der Waals surface area contributed by atoms with E-state index in [4.69, 9.17) is 9.52 Å². The smallest absolute Gasteiger partial charge is 0.371 e. The Morgan fingerprint density at radius 2 is 2.15 bits per heavy atom. The molecule has 7 heteroatoms. The second kappa shape index (κ2) is 6.23. The van der Waals surface area contributed by atoms with Crippen LogP contribution in [0.3, 0.4) is 0 Å². The Labute approximate surface area is 117 Å². The topological polar surface area (TPSA) is 96.6 Å². The maximum atomic E-state index is 11.9. The number of allylic oxidation sites excluding steroid dienone is 1. The normalized spacial score (nSPS) is 15.9. The maximum Gasteiger partial charge on any atom is 0.371 e. The van der Waals surface area contributed by atoms with Gasteiger partial charge in [0.2, 0.25) is 10.9 Å². The average molecular weight is 299 g/mol. The molecule has 20 heavy (non-hydrogen) atoms. The fourth-order valence-electron chi connectivity index (χ4n) is 2.13. The first kappa shape index (κ1) is 14.8. The number of hydrogen-bond acceptors (Lipinski definition) is 4.